The van der Waals surface area contributed by atoms with Crippen molar-refractivity contribution in [2.24, 2.45) is 4.99 Å². The summed E-state index contributed by atoms with van der Waals surface area (Å²) in [5.74, 6) is 1.00. The van der Waals surface area contributed by atoms with Gasteiger partial charge in [-0.1, -0.05) is 40.2 Å². The molecule has 0 unspecified atom stereocenters. The van der Waals surface area contributed by atoms with Gasteiger partial charge in [0.2, 0.25) is 5.90 Å². The van der Waals surface area contributed by atoms with Gasteiger partial charge in [0, 0.05) is 23.6 Å². The lowest BCUT2D eigenvalue weighted by Gasteiger charge is -2.13. The van der Waals surface area contributed by atoms with Crippen molar-refractivity contribution >= 4 is 72.4 Å². The normalized spacial score (nSPS) is 14.2. The summed E-state index contributed by atoms with van der Waals surface area (Å²) in [5, 5.41) is 0. The minimum atomic E-state index is -0.494. The largest absolute Gasteiger partial charge is 0.490 e. The molecule has 4 rings (SSSR count). The van der Waals surface area contributed by atoms with E-state index >= 15 is 0 Å². The molecule has 0 fully saturated rings. The number of aliphatic imine (C=N–C) groups is 1. The Kier molecular flexibility index (Phi) is 7.87. The Balaban J connectivity index is 1.57. The summed E-state index contributed by atoms with van der Waals surface area (Å²) in [6.07, 6.45) is 1.68. The summed E-state index contributed by atoms with van der Waals surface area (Å²) < 4.78 is 20.1. The van der Waals surface area contributed by atoms with Crippen LogP contribution in [0.25, 0.3) is 6.08 Å². The van der Waals surface area contributed by atoms with Crippen LogP contribution in [0.2, 0.25) is 0 Å². The third-order valence-electron chi connectivity index (χ3n) is 4.70. The summed E-state index contributed by atoms with van der Waals surface area (Å²) >= 11 is 9.25. The minimum Gasteiger partial charge on any atom is -0.490 e. The minimum absolute atomic E-state index is 0.226. The van der Waals surface area contributed by atoms with E-state index in [1.807, 2.05) is 67.6 Å². The van der Waals surface area contributed by atoms with Crippen molar-refractivity contribution in [3.8, 4) is 11.5 Å². The lowest BCUT2D eigenvalue weighted by atomic mass is 10.1. The van der Waals surface area contributed by atoms with Gasteiger partial charge in [0.1, 0.15) is 6.61 Å². The maximum atomic E-state index is 12.4. The Morgan fingerprint density at radius 2 is 1.82 bits per heavy atom. The Hall–Kier alpha value is -2.17. The van der Waals surface area contributed by atoms with Crippen LogP contribution in [0.4, 0.5) is 0 Å². The van der Waals surface area contributed by atoms with E-state index in [9.17, 15) is 4.79 Å². The first-order chi connectivity index (χ1) is 15.9. The van der Waals surface area contributed by atoms with E-state index in [1.165, 1.54) is 0 Å². The molecule has 0 bridgehead atoms. The number of rotatable bonds is 7. The van der Waals surface area contributed by atoms with Crippen LogP contribution < -0.4 is 9.47 Å². The van der Waals surface area contributed by atoms with Crippen molar-refractivity contribution in [2.45, 2.75) is 13.5 Å². The second-order valence-electron chi connectivity index (χ2n) is 6.98. The monoisotopic (exact) mass is 681 g/mol. The van der Waals surface area contributed by atoms with Crippen LogP contribution >= 0.6 is 54.5 Å². The Labute approximate surface area is 222 Å². The number of nitrogens with zero attached hydrogens (tertiary/aromatic N) is 1. The quantitative estimate of drug-likeness (QED) is 0.151. The number of carbonyl (C=O) groups excluding carboxylic acids is 1. The van der Waals surface area contributed by atoms with Gasteiger partial charge in [-0.15, -0.1) is 0 Å². The van der Waals surface area contributed by atoms with Gasteiger partial charge in [-0.3, -0.25) is 0 Å². The van der Waals surface area contributed by atoms with Crippen molar-refractivity contribution < 1.29 is 19.0 Å². The summed E-state index contributed by atoms with van der Waals surface area (Å²) in [5.41, 5.74) is 2.74. The van der Waals surface area contributed by atoms with E-state index in [0.717, 1.165) is 29.2 Å². The second kappa shape index (κ2) is 10.8. The number of hydrogen-bond acceptors (Lipinski definition) is 5. The van der Waals surface area contributed by atoms with Crippen molar-refractivity contribution in [2.75, 3.05) is 6.61 Å². The van der Waals surface area contributed by atoms with E-state index < -0.39 is 5.97 Å². The van der Waals surface area contributed by atoms with E-state index in [4.69, 9.17) is 14.2 Å². The van der Waals surface area contributed by atoms with Gasteiger partial charge in [-0.2, -0.15) is 0 Å². The van der Waals surface area contributed by atoms with E-state index in [2.05, 4.69) is 59.4 Å². The van der Waals surface area contributed by atoms with Crippen LogP contribution in [0.15, 0.2) is 80.3 Å². The maximum Gasteiger partial charge on any atom is 0.363 e. The molecule has 0 aromatic heterocycles. The van der Waals surface area contributed by atoms with Crippen LogP contribution in [-0.2, 0) is 16.1 Å². The molecule has 1 heterocycles. The van der Waals surface area contributed by atoms with Crippen LogP contribution in [-0.4, -0.2) is 18.5 Å². The fourth-order valence-electron chi connectivity index (χ4n) is 3.09. The first kappa shape index (κ1) is 24.0. The van der Waals surface area contributed by atoms with Gasteiger partial charge in [-0.25, -0.2) is 9.79 Å². The standard InChI is InChI=1S/C25H18Br2INO4/c1-2-31-23-12-15(7-10-22(23)32-14-17-5-3-4-6-18(17)26)11-21-25(30)33-24(29-21)16-8-9-20(28)19(27)13-16/h3-13H,2,14H2,1H3/b21-11-. The van der Waals surface area contributed by atoms with Crippen LogP contribution in [0.5, 0.6) is 11.5 Å². The zero-order chi connectivity index (χ0) is 23.4. The molecule has 0 spiro atoms. The molecule has 0 atom stereocenters. The fourth-order valence-corrected chi connectivity index (χ4v) is 4.21. The summed E-state index contributed by atoms with van der Waals surface area (Å²) in [4.78, 5) is 16.8. The molecular weight excluding hydrogens is 665 g/mol. The lowest BCUT2D eigenvalue weighted by Crippen LogP contribution is -2.05. The van der Waals surface area contributed by atoms with Crippen LogP contribution in [0.3, 0.4) is 0 Å². The Morgan fingerprint density at radius 1 is 1.00 bits per heavy atom. The third kappa shape index (κ3) is 5.85. The Morgan fingerprint density at radius 3 is 2.58 bits per heavy atom. The molecule has 0 aliphatic carbocycles. The summed E-state index contributed by atoms with van der Waals surface area (Å²) in [7, 11) is 0. The highest BCUT2D eigenvalue weighted by molar-refractivity contribution is 14.1. The number of hydrogen-bond donors (Lipinski definition) is 0. The highest BCUT2D eigenvalue weighted by Crippen LogP contribution is 2.32. The van der Waals surface area contributed by atoms with Gasteiger partial charge >= 0.3 is 5.97 Å². The van der Waals surface area contributed by atoms with E-state index in [-0.39, 0.29) is 11.6 Å². The molecule has 0 amide bonds. The van der Waals surface area contributed by atoms with E-state index in [1.54, 1.807) is 6.08 Å². The van der Waals surface area contributed by atoms with Gasteiger partial charge in [0.05, 0.1) is 6.61 Å². The molecule has 0 saturated carbocycles. The van der Waals surface area contributed by atoms with Crippen LogP contribution in [0.1, 0.15) is 23.6 Å². The molecule has 3 aromatic carbocycles. The molecular formula is C25H18Br2INO4. The fraction of sp³-hybridized carbons (Fsp3) is 0.120. The highest BCUT2D eigenvalue weighted by atomic mass is 127. The average Bonchev–Trinajstić information content (AvgIpc) is 3.16. The molecule has 0 saturated heterocycles. The van der Waals surface area contributed by atoms with Crippen molar-refractivity contribution in [3.05, 3.63) is 95.6 Å². The van der Waals surface area contributed by atoms with Crippen molar-refractivity contribution in [1.29, 1.82) is 0 Å². The molecule has 1 aliphatic rings. The van der Waals surface area contributed by atoms with Crippen molar-refractivity contribution in [3.63, 3.8) is 0 Å². The lowest BCUT2D eigenvalue weighted by molar-refractivity contribution is -0.129. The zero-order valence-electron chi connectivity index (χ0n) is 17.5. The molecule has 33 heavy (non-hydrogen) atoms. The number of esters is 1. The number of halogens is 3. The maximum absolute atomic E-state index is 12.4. The van der Waals surface area contributed by atoms with Gasteiger partial charge < -0.3 is 14.2 Å². The first-order valence-corrected chi connectivity index (χ1v) is 12.7. The smallest absolute Gasteiger partial charge is 0.363 e. The van der Waals surface area contributed by atoms with Gasteiger partial charge in [0.25, 0.3) is 0 Å². The van der Waals surface area contributed by atoms with Crippen molar-refractivity contribution in [1.82, 2.24) is 0 Å². The number of cyclic esters (lactones) is 1. The van der Waals surface area contributed by atoms with Gasteiger partial charge in [-0.05, 0) is 93.5 Å². The van der Waals surface area contributed by atoms with E-state index in [0.29, 0.717) is 24.7 Å². The molecule has 3 aromatic rings. The first-order valence-electron chi connectivity index (χ1n) is 10.1. The molecule has 0 radical (unpaired) electrons. The summed E-state index contributed by atoms with van der Waals surface area (Å²) in [6.45, 7) is 2.79. The van der Waals surface area contributed by atoms with Gasteiger partial charge in [0.15, 0.2) is 17.2 Å². The summed E-state index contributed by atoms with van der Waals surface area (Å²) in [6, 6.07) is 19.1. The number of carbonyl (C=O) groups is 1. The topological polar surface area (TPSA) is 57.1 Å². The average molecular weight is 683 g/mol. The molecule has 168 valence electrons. The zero-order valence-corrected chi connectivity index (χ0v) is 22.8. The molecule has 1 aliphatic heterocycles. The highest BCUT2D eigenvalue weighted by Gasteiger charge is 2.24. The number of benzene rings is 3. The molecule has 5 nitrogen and oxygen atoms in total. The Bertz CT molecular complexity index is 1270. The predicted octanol–water partition coefficient (Wildman–Crippen LogP) is 7.14. The predicted molar refractivity (Wildman–Crippen MR) is 144 cm³/mol. The van der Waals surface area contributed by atoms with Crippen LogP contribution in [0, 0.1) is 3.57 Å². The molecule has 0 N–H and O–H groups in total. The third-order valence-corrected chi connectivity index (χ3v) is 7.81. The number of ether oxygens (including phenoxy) is 3. The molecule has 8 heteroatoms. The second-order valence-corrected chi connectivity index (χ2v) is 9.86. The SMILES string of the molecule is CCOc1cc(/C=C2\N=C(c3ccc(I)c(Br)c3)OC2=O)ccc1OCc1ccccc1Br.